The largest absolute Gasteiger partial charge is 0.480 e. The van der Waals surface area contributed by atoms with Gasteiger partial charge in [0.05, 0.1) is 26.2 Å². The van der Waals surface area contributed by atoms with E-state index in [0.717, 1.165) is 9.80 Å². The van der Waals surface area contributed by atoms with Crippen LogP contribution in [0.1, 0.15) is 12.0 Å². The van der Waals surface area contributed by atoms with Crippen molar-refractivity contribution in [2.24, 2.45) is 0 Å². The third-order valence-corrected chi connectivity index (χ3v) is 5.24. The van der Waals surface area contributed by atoms with Crippen LogP contribution in [0.2, 0.25) is 0 Å². The number of rotatable bonds is 20. The van der Waals surface area contributed by atoms with Gasteiger partial charge in [-0.05, 0) is 5.56 Å². The second kappa shape index (κ2) is 16.0. The van der Waals surface area contributed by atoms with Gasteiger partial charge in [-0.2, -0.15) is 0 Å². The molecule has 1 unspecified atom stereocenters. The third kappa shape index (κ3) is 13.7. The van der Waals surface area contributed by atoms with Crippen molar-refractivity contribution in [2.75, 3.05) is 52.4 Å². The number of aliphatic carboxylic acids is 5. The highest BCUT2D eigenvalue weighted by Crippen LogP contribution is 2.10. The lowest BCUT2D eigenvalue weighted by Gasteiger charge is -2.30. The van der Waals surface area contributed by atoms with Gasteiger partial charge in [-0.15, -0.1) is 0 Å². The molecule has 0 aromatic heterocycles. The lowest BCUT2D eigenvalue weighted by molar-refractivity contribution is -0.149. The fourth-order valence-electron chi connectivity index (χ4n) is 3.61. The molecule has 0 aliphatic heterocycles. The molecule has 1 atom stereocenters. The molecule has 1 aromatic rings. The summed E-state index contributed by atoms with van der Waals surface area (Å²) in [6.07, 6.45) is -0.513. The molecule has 0 saturated heterocycles. The second-order valence-corrected chi connectivity index (χ2v) is 8.29. The lowest BCUT2D eigenvalue weighted by atomic mass is 10.0. The maximum atomic E-state index is 12.5. The van der Waals surface area contributed by atoms with Crippen LogP contribution in [0, 0.1) is 0 Å². The number of carbonyl (C=O) groups is 6. The average Bonchev–Trinajstić information content (AvgIpc) is 2.77. The molecule has 0 aliphatic carbocycles. The van der Waals surface area contributed by atoms with Crippen LogP contribution in [-0.2, 0) is 35.2 Å². The van der Waals surface area contributed by atoms with Crippen molar-refractivity contribution in [1.82, 2.24) is 14.7 Å². The number of nitrogens with zero attached hydrogens (tertiary/aromatic N) is 3. The van der Waals surface area contributed by atoms with E-state index in [2.05, 4.69) is 0 Å². The Bertz CT molecular complexity index is 939. The Balaban J connectivity index is 2.94. The highest BCUT2D eigenvalue weighted by Gasteiger charge is 2.30. The van der Waals surface area contributed by atoms with Crippen molar-refractivity contribution in [3.8, 4) is 0 Å². The van der Waals surface area contributed by atoms with Crippen molar-refractivity contribution in [2.45, 2.75) is 18.9 Å². The van der Waals surface area contributed by atoms with Crippen molar-refractivity contribution in [3.63, 3.8) is 0 Å². The molecule has 1 aromatic carbocycles. The summed E-state index contributed by atoms with van der Waals surface area (Å²) in [5.74, 6) is -6.98. The molecule has 5 N–H and O–H groups in total. The number of Topliss-reactive ketones (excluding diaryl/α,β-unsaturated/α-hetero) is 1. The summed E-state index contributed by atoms with van der Waals surface area (Å²) in [4.78, 5) is 72.6. The van der Waals surface area contributed by atoms with Crippen LogP contribution in [0.15, 0.2) is 30.3 Å². The SMILES string of the molecule is O=C(O)CN(CCN(CC(=O)O)CC(=O)O)CCN(CC(=O)O)C(CC(=O)Cc1ccccc1)C(=O)O. The van der Waals surface area contributed by atoms with Gasteiger partial charge in [0, 0.05) is 39.0 Å². The van der Waals surface area contributed by atoms with E-state index in [-0.39, 0.29) is 32.6 Å². The van der Waals surface area contributed by atoms with Gasteiger partial charge in [-0.3, -0.25) is 43.5 Å². The van der Waals surface area contributed by atoms with Crippen molar-refractivity contribution >= 4 is 35.6 Å². The lowest BCUT2D eigenvalue weighted by Crippen LogP contribution is -2.49. The van der Waals surface area contributed by atoms with Crippen LogP contribution in [0.5, 0.6) is 0 Å². The average molecular weight is 526 g/mol. The molecule has 14 nitrogen and oxygen atoms in total. The molecular weight excluding hydrogens is 494 g/mol. The maximum absolute atomic E-state index is 12.5. The summed E-state index contributed by atoms with van der Waals surface area (Å²) in [6, 6.07) is 7.12. The Morgan fingerprint density at radius 3 is 1.57 bits per heavy atom. The van der Waals surface area contributed by atoms with Crippen LogP contribution in [-0.4, -0.2) is 134 Å². The van der Waals surface area contributed by atoms with E-state index in [9.17, 15) is 44.1 Å². The van der Waals surface area contributed by atoms with E-state index in [4.69, 9.17) is 10.2 Å². The summed E-state index contributed by atoms with van der Waals surface area (Å²) in [6.45, 7) is -3.02. The first-order valence-electron chi connectivity index (χ1n) is 11.2. The molecule has 14 heteroatoms. The summed E-state index contributed by atoms with van der Waals surface area (Å²) in [5, 5.41) is 46.1. The zero-order valence-corrected chi connectivity index (χ0v) is 20.1. The molecule has 0 amide bonds. The van der Waals surface area contributed by atoms with Gasteiger partial charge >= 0.3 is 29.8 Å². The molecule has 204 valence electrons. The first-order valence-corrected chi connectivity index (χ1v) is 11.2. The van der Waals surface area contributed by atoms with Crippen molar-refractivity contribution < 1.29 is 54.3 Å². The number of carboxylic acids is 5. The predicted octanol–water partition coefficient (Wildman–Crippen LogP) is -1.11. The fraction of sp³-hybridized carbons (Fsp3) is 0.478. The number of hydrogen-bond donors (Lipinski definition) is 5. The zero-order chi connectivity index (χ0) is 28.0. The summed E-state index contributed by atoms with van der Waals surface area (Å²) < 4.78 is 0. The Kier molecular flexibility index (Phi) is 13.5. The number of carbonyl (C=O) groups excluding carboxylic acids is 1. The molecule has 0 fully saturated rings. The number of ketones is 1. The van der Waals surface area contributed by atoms with E-state index in [1.54, 1.807) is 30.3 Å². The summed E-state index contributed by atoms with van der Waals surface area (Å²) in [5.41, 5.74) is 0.668. The minimum Gasteiger partial charge on any atom is -0.480 e. The van der Waals surface area contributed by atoms with Crippen LogP contribution < -0.4 is 0 Å². The fourth-order valence-corrected chi connectivity index (χ4v) is 3.61. The van der Waals surface area contributed by atoms with Crippen LogP contribution in [0.4, 0.5) is 0 Å². The molecule has 0 heterocycles. The van der Waals surface area contributed by atoms with Crippen LogP contribution in [0.25, 0.3) is 0 Å². The maximum Gasteiger partial charge on any atom is 0.321 e. The molecule has 0 bridgehead atoms. The quantitative estimate of drug-likeness (QED) is 0.136. The van der Waals surface area contributed by atoms with Gasteiger partial charge in [0.1, 0.15) is 11.8 Å². The van der Waals surface area contributed by atoms with E-state index in [1.165, 1.54) is 4.90 Å². The molecule has 37 heavy (non-hydrogen) atoms. The third-order valence-electron chi connectivity index (χ3n) is 5.24. The minimum atomic E-state index is -1.48. The van der Waals surface area contributed by atoms with Crippen molar-refractivity contribution in [3.05, 3.63) is 35.9 Å². The van der Waals surface area contributed by atoms with Gasteiger partial charge in [0.2, 0.25) is 0 Å². The van der Waals surface area contributed by atoms with Gasteiger partial charge in [-0.1, -0.05) is 30.3 Å². The summed E-state index contributed by atoms with van der Waals surface area (Å²) >= 11 is 0. The topological polar surface area (TPSA) is 213 Å². The van der Waals surface area contributed by atoms with Gasteiger partial charge < -0.3 is 25.5 Å². The second-order valence-electron chi connectivity index (χ2n) is 8.29. The van der Waals surface area contributed by atoms with E-state index >= 15 is 0 Å². The van der Waals surface area contributed by atoms with Gasteiger partial charge in [0.25, 0.3) is 0 Å². The van der Waals surface area contributed by atoms with Gasteiger partial charge in [-0.25, -0.2) is 0 Å². The highest BCUT2D eigenvalue weighted by atomic mass is 16.4. The normalized spacial score (nSPS) is 12.0. The first-order chi connectivity index (χ1) is 17.4. The predicted molar refractivity (Wildman–Crippen MR) is 126 cm³/mol. The standard InChI is InChI=1S/C23H31N3O11/c27-17(10-16-4-2-1-3-5-16)11-18(23(36)37)26(15-22(34)35)9-8-24(12-19(28)29)6-7-25(13-20(30)31)14-21(32)33/h1-5,18H,6-15H2,(H,28,29)(H,30,31)(H,32,33)(H,34,35)(H,36,37). The molecule has 0 aliphatic rings. The first kappa shape index (κ1) is 31.2. The Hall–Kier alpha value is -3.88. The molecule has 0 radical (unpaired) electrons. The van der Waals surface area contributed by atoms with E-state index in [1.807, 2.05) is 0 Å². The summed E-state index contributed by atoms with van der Waals surface area (Å²) in [7, 11) is 0. The molecular formula is C23H31N3O11. The van der Waals surface area contributed by atoms with E-state index < -0.39 is 74.3 Å². The Labute approximate surface area is 212 Å². The van der Waals surface area contributed by atoms with E-state index in [0.29, 0.717) is 5.56 Å². The smallest absolute Gasteiger partial charge is 0.321 e. The number of benzene rings is 1. The molecule has 0 saturated carbocycles. The molecule has 1 rings (SSSR count). The molecule has 0 spiro atoms. The Morgan fingerprint density at radius 1 is 0.622 bits per heavy atom. The monoisotopic (exact) mass is 525 g/mol. The number of hydrogen-bond acceptors (Lipinski definition) is 9. The minimum absolute atomic E-state index is 0.0420. The zero-order valence-electron chi connectivity index (χ0n) is 20.1. The van der Waals surface area contributed by atoms with Crippen molar-refractivity contribution in [1.29, 1.82) is 0 Å². The Morgan fingerprint density at radius 2 is 1.08 bits per heavy atom. The highest BCUT2D eigenvalue weighted by molar-refractivity contribution is 5.87. The number of carboxylic acid groups (broad SMARTS) is 5. The van der Waals surface area contributed by atoms with Crippen LogP contribution >= 0.6 is 0 Å². The van der Waals surface area contributed by atoms with Crippen LogP contribution in [0.3, 0.4) is 0 Å². The van der Waals surface area contributed by atoms with Gasteiger partial charge in [0.15, 0.2) is 0 Å².